The molecular weight excluding hydrogens is 162 g/mol. The molecule has 0 radical (unpaired) electrons. The largest absolute Gasteiger partial charge is 0.352 e. The van der Waals surface area contributed by atoms with Gasteiger partial charge < -0.3 is 5.32 Å². The van der Waals surface area contributed by atoms with Crippen LogP contribution in [0.3, 0.4) is 0 Å². The van der Waals surface area contributed by atoms with E-state index in [1.807, 2.05) is 6.21 Å². The van der Waals surface area contributed by atoms with Gasteiger partial charge in [0.25, 0.3) is 0 Å². The van der Waals surface area contributed by atoms with Crippen molar-refractivity contribution < 1.29 is 0 Å². The van der Waals surface area contributed by atoms with Crippen LogP contribution in [-0.2, 0) is 0 Å². The van der Waals surface area contributed by atoms with Crippen molar-refractivity contribution >= 4 is 12.2 Å². The summed E-state index contributed by atoms with van der Waals surface area (Å²) in [5.41, 5.74) is 0. The summed E-state index contributed by atoms with van der Waals surface area (Å²) in [5, 5.41) is 3.30. The summed E-state index contributed by atoms with van der Waals surface area (Å²) in [7, 11) is 0. The third-order valence-corrected chi connectivity index (χ3v) is 2.68. The Balaban J connectivity index is 1.98. The van der Waals surface area contributed by atoms with Crippen molar-refractivity contribution in [3.8, 4) is 0 Å². The molecule has 1 heterocycles. The maximum absolute atomic E-state index is 4.59. The molecule has 1 unspecified atom stereocenters. The van der Waals surface area contributed by atoms with Crippen LogP contribution >= 0.6 is 0 Å². The van der Waals surface area contributed by atoms with Crippen molar-refractivity contribution in [3.05, 3.63) is 0 Å². The maximum Gasteiger partial charge on any atom is 0.218 e. The van der Waals surface area contributed by atoms with E-state index in [2.05, 4.69) is 22.2 Å². The minimum Gasteiger partial charge on any atom is -0.352 e. The Morgan fingerprint density at radius 2 is 2.23 bits per heavy atom. The van der Waals surface area contributed by atoms with Gasteiger partial charge in [-0.15, -0.1) is 0 Å². The third kappa shape index (κ3) is 2.29. The zero-order chi connectivity index (χ0) is 9.10. The predicted octanol–water partition coefficient (Wildman–Crippen LogP) is 1.74. The molecule has 1 fully saturated rings. The molecule has 2 rings (SSSR count). The van der Waals surface area contributed by atoms with E-state index in [0.29, 0.717) is 12.1 Å². The molecule has 1 atom stereocenters. The summed E-state index contributed by atoms with van der Waals surface area (Å²) >= 11 is 0. The van der Waals surface area contributed by atoms with E-state index in [1.54, 1.807) is 0 Å². The topological polar surface area (TPSA) is 36.8 Å². The molecular formula is C10H17N3. The zero-order valence-electron chi connectivity index (χ0n) is 8.16. The van der Waals surface area contributed by atoms with Gasteiger partial charge in [-0.2, -0.15) is 0 Å². The fraction of sp³-hybridized carbons (Fsp3) is 0.800. The lowest BCUT2D eigenvalue weighted by atomic mass is 10.2. The molecule has 3 nitrogen and oxygen atoms in total. The van der Waals surface area contributed by atoms with Gasteiger partial charge in [-0.05, 0) is 19.8 Å². The molecule has 0 spiro atoms. The first-order valence-corrected chi connectivity index (χ1v) is 5.21. The van der Waals surface area contributed by atoms with Gasteiger partial charge in [-0.3, -0.25) is 0 Å². The zero-order valence-corrected chi connectivity index (χ0v) is 8.16. The van der Waals surface area contributed by atoms with Crippen LogP contribution in [0.4, 0.5) is 0 Å². The fourth-order valence-corrected chi connectivity index (χ4v) is 1.89. The van der Waals surface area contributed by atoms with E-state index < -0.39 is 0 Å². The minimum atomic E-state index is 0.498. The molecule has 0 saturated heterocycles. The van der Waals surface area contributed by atoms with Gasteiger partial charge in [0.2, 0.25) is 5.96 Å². The number of nitrogens with zero attached hydrogens (tertiary/aromatic N) is 2. The molecule has 1 aliphatic heterocycles. The predicted molar refractivity (Wildman–Crippen MR) is 55.4 cm³/mol. The SMILES string of the molecule is CC1CC=NC(=NC2CCCC2)N1. The molecule has 0 bridgehead atoms. The Hall–Kier alpha value is -0.860. The van der Waals surface area contributed by atoms with Gasteiger partial charge >= 0.3 is 0 Å². The van der Waals surface area contributed by atoms with Gasteiger partial charge in [0.15, 0.2) is 0 Å². The third-order valence-electron chi connectivity index (χ3n) is 2.68. The van der Waals surface area contributed by atoms with Crippen LogP contribution in [0.25, 0.3) is 0 Å². The Morgan fingerprint density at radius 3 is 2.92 bits per heavy atom. The molecule has 0 amide bonds. The summed E-state index contributed by atoms with van der Waals surface area (Å²) < 4.78 is 0. The van der Waals surface area contributed by atoms with Gasteiger partial charge in [-0.1, -0.05) is 12.8 Å². The number of rotatable bonds is 1. The number of hydrogen-bond donors (Lipinski definition) is 1. The van der Waals surface area contributed by atoms with Crippen molar-refractivity contribution in [2.75, 3.05) is 0 Å². The van der Waals surface area contributed by atoms with E-state index in [9.17, 15) is 0 Å². The highest BCUT2D eigenvalue weighted by molar-refractivity contribution is 5.90. The van der Waals surface area contributed by atoms with Gasteiger partial charge in [0.05, 0.1) is 6.04 Å². The second-order valence-electron chi connectivity index (χ2n) is 3.98. The highest BCUT2D eigenvalue weighted by Gasteiger charge is 2.16. The molecule has 13 heavy (non-hydrogen) atoms. The number of hydrogen-bond acceptors (Lipinski definition) is 1. The molecule has 3 heteroatoms. The average molecular weight is 179 g/mol. The van der Waals surface area contributed by atoms with E-state index >= 15 is 0 Å². The Kier molecular flexibility index (Phi) is 2.62. The lowest BCUT2D eigenvalue weighted by molar-refractivity contribution is 0.652. The Bertz CT molecular complexity index is 226. The van der Waals surface area contributed by atoms with E-state index in [1.165, 1.54) is 25.7 Å². The van der Waals surface area contributed by atoms with Crippen LogP contribution in [0.5, 0.6) is 0 Å². The fourth-order valence-electron chi connectivity index (χ4n) is 1.89. The van der Waals surface area contributed by atoms with Crippen LogP contribution in [0.2, 0.25) is 0 Å². The van der Waals surface area contributed by atoms with Crippen molar-refractivity contribution in [2.24, 2.45) is 9.98 Å². The van der Waals surface area contributed by atoms with Crippen molar-refractivity contribution in [1.82, 2.24) is 5.32 Å². The van der Waals surface area contributed by atoms with Gasteiger partial charge in [-0.25, -0.2) is 9.98 Å². The molecule has 72 valence electrons. The van der Waals surface area contributed by atoms with E-state index in [0.717, 1.165) is 12.4 Å². The summed E-state index contributed by atoms with van der Waals surface area (Å²) in [5.74, 6) is 0.852. The van der Waals surface area contributed by atoms with Crippen LogP contribution < -0.4 is 5.32 Å². The second kappa shape index (κ2) is 3.90. The van der Waals surface area contributed by atoms with Crippen LogP contribution in [0.15, 0.2) is 9.98 Å². The summed E-state index contributed by atoms with van der Waals surface area (Å²) in [6.07, 6.45) is 8.14. The summed E-state index contributed by atoms with van der Waals surface area (Å²) in [6, 6.07) is 1.03. The average Bonchev–Trinajstić information content (AvgIpc) is 2.57. The van der Waals surface area contributed by atoms with E-state index in [4.69, 9.17) is 0 Å². The molecule has 1 N–H and O–H groups in total. The van der Waals surface area contributed by atoms with Crippen molar-refractivity contribution in [3.63, 3.8) is 0 Å². The number of nitrogens with one attached hydrogen (secondary N) is 1. The lowest BCUT2D eigenvalue weighted by Crippen LogP contribution is -2.35. The van der Waals surface area contributed by atoms with Crippen molar-refractivity contribution in [1.29, 1.82) is 0 Å². The van der Waals surface area contributed by atoms with Crippen molar-refractivity contribution in [2.45, 2.75) is 51.1 Å². The molecule has 2 aliphatic rings. The summed E-state index contributed by atoms with van der Waals surface area (Å²) in [4.78, 5) is 8.85. The lowest BCUT2D eigenvalue weighted by Gasteiger charge is -2.17. The number of aliphatic imine (C=N–C) groups is 2. The normalized spacial score (nSPS) is 32.4. The first-order chi connectivity index (χ1) is 6.34. The smallest absolute Gasteiger partial charge is 0.218 e. The van der Waals surface area contributed by atoms with Crippen LogP contribution in [-0.4, -0.2) is 24.3 Å². The molecule has 1 aliphatic carbocycles. The first-order valence-electron chi connectivity index (χ1n) is 5.21. The number of guanidine groups is 1. The first kappa shape index (κ1) is 8.73. The summed E-state index contributed by atoms with van der Waals surface area (Å²) in [6.45, 7) is 2.16. The highest BCUT2D eigenvalue weighted by Crippen LogP contribution is 2.21. The maximum atomic E-state index is 4.59. The van der Waals surface area contributed by atoms with Gasteiger partial charge in [0, 0.05) is 18.7 Å². The van der Waals surface area contributed by atoms with E-state index in [-0.39, 0.29) is 0 Å². The second-order valence-corrected chi connectivity index (χ2v) is 3.98. The minimum absolute atomic E-state index is 0.498. The Morgan fingerprint density at radius 1 is 1.46 bits per heavy atom. The van der Waals surface area contributed by atoms with Gasteiger partial charge in [0.1, 0.15) is 0 Å². The quantitative estimate of drug-likeness (QED) is 0.654. The van der Waals surface area contributed by atoms with Crippen LogP contribution in [0.1, 0.15) is 39.0 Å². The Labute approximate surface area is 79.4 Å². The van der Waals surface area contributed by atoms with Crippen LogP contribution in [0, 0.1) is 0 Å². The molecule has 0 aromatic rings. The monoisotopic (exact) mass is 179 g/mol. The molecule has 0 aromatic heterocycles. The molecule has 0 aromatic carbocycles. The highest BCUT2D eigenvalue weighted by atomic mass is 15.2. The molecule has 1 saturated carbocycles. The standard InChI is InChI=1S/C10H17N3/c1-8-6-7-11-10(12-8)13-9-4-2-3-5-9/h7-9H,2-6H2,1H3,(H,12,13).